The molecule has 1 saturated heterocycles. The molecule has 0 aliphatic carbocycles. The number of hydrogen-bond acceptors (Lipinski definition) is 4. The van der Waals surface area contributed by atoms with Crippen LogP contribution in [0.2, 0.25) is 0 Å². The van der Waals surface area contributed by atoms with E-state index in [0.29, 0.717) is 25.2 Å². The average Bonchev–Trinajstić information content (AvgIpc) is 2.47. The smallest absolute Gasteiger partial charge is 0.225 e. The van der Waals surface area contributed by atoms with Crippen LogP contribution in [0.25, 0.3) is 0 Å². The van der Waals surface area contributed by atoms with Gasteiger partial charge < -0.3 is 15.3 Å². The summed E-state index contributed by atoms with van der Waals surface area (Å²) >= 11 is 0. The second-order valence-corrected chi connectivity index (χ2v) is 5.22. The number of nitrogens with zero attached hydrogens (tertiary/aromatic N) is 2. The summed E-state index contributed by atoms with van der Waals surface area (Å²) in [6.07, 6.45) is 0.399. The molecule has 21 heavy (non-hydrogen) atoms. The molecule has 5 nitrogen and oxygen atoms in total. The maximum absolute atomic E-state index is 13.0. The summed E-state index contributed by atoms with van der Waals surface area (Å²) in [4.78, 5) is 16.3. The third-order valence-corrected chi connectivity index (χ3v) is 3.64. The van der Waals surface area contributed by atoms with Gasteiger partial charge in [0.05, 0.1) is 6.61 Å². The topological polar surface area (TPSA) is 55.8 Å². The van der Waals surface area contributed by atoms with Gasteiger partial charge in [-0.25, -0.2) is 4.39 Å². The normalized spacial score (nSPS) is 16.9. The summed E-state index contributed by atoms with van der Waals surface area (Å²) < 4.78 is 13.0. The lowest BCUT2D eigenvalue weighted by molar-refractivity contribution is -0.116. The summed E-state index contributed by atoms with van der Waals surface area (Å²) in [5.74, 6) is -0.453. The van der Waals surface area contributed by atoms with Crippen molar-refractivity contribution in [2.24, 2.45) is 0 Å². The summed E-state index contributed by atoms with van der Waals surface area (Å²) in [6.45, 7) is 5.27. The van der Waals surface area contributed by atoms with Crippen molar-refractivity contribution < 1.29 is 14.3 Å². The monoisotopic (exact) mass is 295 g/mol. The quantitative estimate of drug-likeness (QED) is 0.814. The van der Waals surface area contributed by atoms with Crippen molar-refractivity contribution in [3.63, 3.8) is 0 Å². The van der Waals surface area contributed by atoms with Gasteiger partial charge in [0.2, 0.25) is 5.91 Å². The molecule has 1 heterocycles. The van der Waals surface area contributed by atoms with E-state index in [0.717, 1.165) is 26.2 Å². The molecule has 1 aliphatic rings. The van der Waals surface area contributed by atoms with Crippen LogP contribution in [-0.2, 0) is 4.79 Å². The third kappa shape index (κ3) is 5.41. The Hall–Kier alpha value is -1.50. The first-order valence-corrected chi connectivity index (χ1v) is 7.28. The molecule has 1 amide bonds. The Labute approximate surface area is 124 Å². The van der Waals surface area contributed by atoms with Crippen molar-refractivity contribution >= 4 is 11.6 Å². The molecular weight excluding hydrogens is 273 g/mol. The van der Waals surface area contributed by atoms with Gasteiger partial charge in [-0.2, -0.15) is 0 Å². The Balaban J connectivity index is 1.68. The molecule has 1 aromatic carbocycles. The van der Waals surface area contributed by atoms with Crippen LogP contribution in [0.1, 0.15) is 6.42 Å². The molecule has 1 aromatic rings. The van der Waals surface area contributed by atoms with Crippen LogP contribution >= 0.6 is 0 Å². The second-order valence-electron chi connectivity index (χ2n) is 5.22. The number of β-amino-alcohol motifs (C(OH)–C–C–N with tert-alkyl or cyclic N) is 1. The number of aliphatic hydroxyl groups is 1. The van der Waals surface area contributed by atoms with Crippen LogP contribution < -0.4 is 5.32 Å². The lowest BCUT2D eigenvalue weighted by Gasteiger charge is -2.34. The molecule has 0 bridgehead atoms. The SMILES string of the molecule is O=C(CCN1CCN(CCO)CC1)Nc1cccc(F)c1. The minimum absolute atomic E-state index is 0.0987. The van der Waals surface area contributed by atoms with Crippen molar-refractivity contribution in [3.05, 3.63) is 30.1 Å². The summed E-state index contributed by atoms with van der Waals surface area (Å²) in [7, 11) is 0. The van der Waals surface area contributed by atoms with Gasteiger partial charge in [0.1, 0.15) is 5.82 Å². The highest BCUT2D eigenvalue weighted by Crippen LogP contribution is 2.09. The van der Waals surface area contributed by atoms with Crippen LogP contribution in [0.4, 0.5) is 10.1 Å². The van der Waals surface area contributed by atoms with Crippen molar-refractivity contribution in [2.45, 2.75) is 6.42 Å². The Kier molecular flexibility index (Phi) is 6.10. The van der Waals surface area contributed by atoms with E-state index in [1.807, 2.05) is 0 Å². The van der Waals surface area contributed by atoms with E-state index in [-0.39, 0.29) is 18.3 Å². The van der Waals surface area contributed by atoms with Crippen LogP contribution in [0.3, 0.4) is 0 Å². The number of amides is 1. The molecule has 2 N–H and O–H groups in total. The lowest BCUT2D eigenvalue weighted by Crippen LogP contribution is -2.47. The molecule has 1 aliphatic heterocycles. The van der Waals surface area contributed by atoms with Gasteiger partial charge in [0.15, 0.2) is 0 Å². The number of piperazine rings is 1. The number of anilines is 1. The largest absolute Gasteiger partial charge is 0.395 e. The van der Waals surface area contributed by atoms with Crippen molar-refractivity contribution in [1.82, 2.24) is 9.80 Å². The molecule has 0 unspecified atom stereocenters. The number of benzene rings is 1. The predicted octanol–water partition coefficient (Wildman–Crippen LogP) is 0.764. The first kappa shape index (κ1) is 15.9. The second kappa shape index (κ2) is 8.07. The number of aliphatic hydroxyl groups excluding tert-OH is 1. The molecule has 0 aromatic heterocycles. The Morgan fingerprint density at radius 1 is 1.19 bits per heavy atom. The lowest BCUT2D eigenvalue weighted by atomic mass is 10.2. The first-order valence-electron chi connectivity index (χ1n) is 7.28. The summed E-state index contributed by atoms with van der Waals surface area (Å²) in [5, 5.41) is 11.6. The van der Waals surface area contributed by atoms with E-state index in [4.69, 9.17) is 5.11 Å². The fourth-order valence-corrected chi connectivity index (χ4v) is 2.43. The van der Waals surface area contributed by atoms with Crippen molar-refractivity contribution in [1.29, 1.82) is 0 Å². The number of halogens is 1. The maximum atomic E-state index is 13.0. The van der Waals surface area contributed by atoms with Crippen LogP contribution in [0, 0.1) is 5.82 Å². The summed E-state index contributed by atoms with van der Waals surface area (Å²) in [5.41, 5.74) is 0.493. The van der Waals surface area contributed by atoms with Gasteiger partial charge in [0, 0.05) is 51.4 Å². The average molecular weight is 295 g/mol. The molecule has 0 atom stereocenters. The number of rotatable bonds is 6. The van der Waals surface area contributed by atoms with Crippen LogP contribution in [0.15, 0.2) is 24.3 Å². The standard InChI is InChI=1S/C15H22FN3O2/c16-13-2-1-3-14(12-13)17-15(21)4-5-18-6-8-19(9-7-18)10-11-20/h1-3,12,20H,4-11H2,(H,17,21). The third-order valence-electron chi connectivity index (χ3n) is 3.64. The van der Waals surface area contributed by atoms with Gasteiger partial charge in [-0.3, -0.25) is 9.69 Å². The number of carbonyl (C=O) groups excluding carboxylic acids is 1. The molecular formula is C15H22FN3O2. The summed E-state index contributed by atoms with van der Waals surface area (Å²) in [6, 6.07) is 5.91. The van der Waals surface area contributed by atoms with Crippen molar-refractivity contribution in [2.75, 3.05) is 51.2 Å². The van der Waals surface area contributed by atoms with E-state index < -0.39 is 0 Å². The molecule has 6 heteroatoms. The van der Waals surface area contributed by atoms with E-state index in [9.17, 15) is 9.18 Å². The van der Waals surface area contributed by atoms with Gasteiger partial charge in [0.25, 0.3) is 0 Å². The minimum Gasteiger partial charge on any atom is -0.395 e. The Bertz CT molecular complexity index is 462. The molecule has 0 radical (unpaired) electrons. The highest BCUT2D eigenvalue weighted by Gasteiger charge is 2.16. The zero-order valence-corrected chi connectivity index (χ0v) is 12.1. The molecule has 116 valence electrons. The highest BCUT2D eigenvalue weighted by atomic mass is 19.1. The number of nitrogens with one attached hydrogen (secondary N) is 1. The minimum atomic E-state index is -0.354. The fraction of sp³-hybridized carbons (Fsp3) is 0.533. The van der Waals surface area contributed by atoms with Crippen molar-refractivity contribution in [3.8, 4) is 0 Å². The first-order chi connectivity index (χ1) is 10.2. The van der Waals surface area contributed by atoms with Gasteiger partial charge in [-0.15, -0.1) is 0 Å². The highest BCUT2D eigenvalue weighted by molar-refractivity contribution is 5.90. The van der Waals surface area contributed by atoms with Gasteiger partial charge >= 0.3 is 0 Å². The Morgan fingerprint density at radius 3 is 2.48 bits per heavy atom. The fourth-order valence-electron chi connectivity index (χ4n) is 2.43. The number of hydrogen-bond donors (Lipinski definition) is 2. The van der Waals surface area contributed by atoms with E-state index in [1.54, 1.807) is 12.1 Å². The number of carbonyl (C=O) groups is 1. The van der Waals surface area contributed by atoms with Gasteiger partial charge in [-0.1, -0.05) is 6.07 Å². The molecule has 0 spiro atoms. The van der Waals surface area contributed by atoms with E-state index >= 15 is 0 Å². The Morgan fingerprint density at radius 2 is 1.86 bits per heavy atom. The molecule has 1 fully saturated rings. The van der Waals surface area contributed by atoms with Gasteiger partial charge in [-0.05, 0) is 18.2 Å². The molecule has 0 saturated carbocycles. The predicted molar refractivity (Wildman–Crippen MR) is 79.6 cm³/mol. The van der Waals surface area contributed by atoms with E-state index in [1.165, 1.54) is 12.1 Å². The molecule has 2 rings (SSSR count). The van der Waals surface area contributed by atoms with Crippen LogP contribution in [0.5, 0.6) is 0 Å². The maximum Gasteiger partial charge on any atom is 0.225 e. The van der Waals surface area contributed by atoms with Crippen LogP contribution in [-0.4, -0.2) is 66.7 Å². The van der Waals surface area contributed by atoms with E-state index in [2.05, 4.69) is 15.1 Å². The zero-order chi connectivity index (χ0) is 15.1. The zero-order valence-electron chi connectivity index (χ0n) is 12.1.